The average molecular weight is 896 g/mol. The van der Waals surface area contributed by atoms with Crippen LogP contribution in [-0.2, 0) is 25.6 Å². The molecule has 0 spiro atoms. The third-order valence-corrected chi connectivity index (χ3v) is 10.9. The Hall–Kier alpha value is -6.63. The van der Waals surface area contributed by atoms with Gasteiger partial charge in [-0.2, -0.15) is 0 Å². The summed E-state index contributed by atoms with van der Waals surface area (Å²) in [5.41, 5.74) is 21.0. The van der Waals surface area contributed by atoms with Crippen molar-refractivity contribution in [1.29, 1.82) is 0 Å². The van der Waals surface area contributed by atoms with Crippen LogP contribution < -0.4 is 47.4 Å². The van der Waals surface area contributed by atoms with Gasteiger partial charge >= 0.3 is 5.97 Å². The van der Waals surface area contributed by atoms with E-state index in [1.807, 2.05) is 24.3 Å². The number of nitrogens with one attached hydrogen (secondary N) is 3. The van der Waals surface area contributed by atoms with E-state index in [4.69, 9.17) is 31.4 Å². The molecule has 65 heavy (non-hydrogen) atoms. The van der Waals surface area contributed by atoms with Gasteiger partial charge in [-0.05, 0) is 99.8 Å². The summed E-state index contributed by atoms with van der Waals surface area (Å²) in [4.78, 5) is 79.5. The number of unbranched alkanes of at least 4 members (excludes halogenated alkanes) is 2. The molecule has 3 aromatic carbocycles. The summed E-state index contributed by atoms with van der Waals surface area (Å²) < 4.78 is 17.9. The SMILES string of the molecule is CCCCCOc1ccc(-c2nc(C)c(C(=O)NC(CCN)C(=O)N(C)[C@@H]3C(=O)N[C@@H](C)C(=O)N[C@H](C(=O)O)Cc4ccc(OCCN)c(c4)-c4cc3ccc4OCCN)c(C)n2)cc1. The summed E-state index contributed by atoms with van der Waals surface area (Å²) in [6.45, 7) is 8.17. The zero-order chi connectivity index (χ0) is 47.2. The van der Waals surface area contributed by atoms with Crippen LogP contribution in [-0.4, -0.2) is 114 Å². The predicted molar refractivity (Wildman–Crippen MR) is 244 cm³/mol. The van der Waals surface area contributed by atoms with Crippen LogP contribution in [0.2, 0.25) is 0 Å². The van der Waals surface area contributed by atoms with Crippen LogP contribution in [0.4, 0.5) is 0 Å². The Bertz CT molecular complexity index is 2300. The maximum absolute atomic E-state index is 14.7. The lowest BCUT2D eigenvalue weighted by Gasteiger charge is -2.32. The Morgan fingerprint density at radius 1 is 0.831 bits per heavy atom. The smallest absolute Gasteiger partial charge is 0.326 e. The van der Waals surface area contributed by atoms with Gasteiger partial charge in [0.15, 0.2) is 5.82 Å². The number of amides is 4. The van der Waals surface area contributed by atoms with Gasteiger partial charge in [-0.3, -0.25) is 19.2 Å². The maximum Gasteiger partial charge on any atom is 0.326 e. The number of nitrogens with zero attached hydrogens (tertiary/aromatic N) is 3. The first-order valence-electron chi connectivity index (χ1n) is 21.8. The van der Waals surface area contributed by atoms with Crippen molar-refractivity contribution in [2.24, 2.45) is 17.2 Å². The van der Waals surface area contributed by atoms with Gasteiger partial charge in [-0.25, -0.2) is 14.8 Å². The molecule has 0 saturated carbocycles. The molecule has 4 amide bonds. The lowest BCUT2D eigenvalue weighted by atomic mass is 9.93. The highest BCUT2D eigenvalue weighted by Crippen LogP contribution is 2.40. The van der Waals surface area contributed by atoms with E-state index in [0.29, 0.717) is 57.6 Å². The van der Waals surface area contributed by atoms with Gasteiger partial charge in [0, 0.05) is 43.2 Å². The van der Waals surface area contributed by atoms with Crippen molar-refractivity contribution in [2.45, 2.75) is 84.0 Å². The Labute approximate surface area is 379 Å². The average Bonchev–Trinajstić information content (AvgIpc) is 3.28. The predicted octanol–water partition coefficient (Wildman–Crippen LogP) is 2.95. The van der Waals surface area contributed by atoms with Crippen LogP contribution in [0.25, 0.3) is 22.5 Å². The van der Waals surface area contributed by atoms with Crippen LogP contribution >= 0.6 is 0 Å². The van der Waals surface area contributed by atoms with E-state index in [9.17, 15) is 29.1 Å². The lowest BCUT2D eigenvalue weighted by Crippen LogP contribution is -2.55. The summed E-state index contributed by atoms with van der Waals surface area (Å²) >= 11 is 0. The van der Waals surface area contributed by atoms with Crippen molar-refractivity contribution in [2.75, 3.05) is 46.5 Å². The van der Waals surface area contributed by atoms with E-state index in [-0.39, 0.29) is 51.3 Å². The Kier molecular flexibility index (Phi) is 17.7. The minimum Gasteiger partial charge on any atom is -0.494 e. The number of carbonyl (C=O) groups is 5. The monoisotopic (exact) mass is 895 g/mol. The highest BCUT2D eigenvalue weighted by atomic mass is 16.5. The first-order valence-corrected chi connectivity index (χ1v) is 21.8. The zero-order valence-electron chi connectivity index (χ0n) is 37.6. The molecule has 1 aliphatic heterocycles. The number of aliphatic carboxylic acids is 1. The van der Waals surface area contributed by atoms with Gasteiger partial charge in [0.1, 0.15) is 54.6 Å². The second-order valence-electron chi connectivity index (χ2n) is 15.8. The number of nitrogens with two attached hydrogens (primary N) is 3. The van der Waals surface area contributed by atoms with Crippen LogP contribution in [0.1, 0.15) is 78.4 Å². The molecule has 0 fully saturated rings. The van der Waals surface area contributed by atoms with Crippen LogP contribution in [0, 0.1) is 13.8 Å². The molecule has 1 aliphatic rings. The van der Waals surface area contributed by atoms with Crippen LogP contribution in [0.15, 0.2) is 60.7 Å². The molecule has 4 atom stereocenters. The van der Waals surface area contributed by atoms with Gasteiger partial charge < -0.3 is 57.4 Å². The number of hydrogen-bond donors (Lipinski definition) is 7. The van der Waals surface area contributed by atoms with E-state index in [1.165, 1.54) is 18.9 Å². The molecule has 18 nitrogen and oxygen atoms in total. The molecule has 2 heterocycles. The summed E-state index contributed by atoms with van der Waals surface area (Å²) in [5, 5.41) is 18.1. The molecular formula is C47H61N9O9. The number of rotatable bonds is 19. The van der Waals surface area contributed by atoms with Crippen LogP contribution in [0.3, 0.4) is 0 Å². The first kappa shape index (κ1) is 49.4. The number of aryl methyl sites for hydroxylation is 2. The summed E-state index contributed by atoms with van der Waals surface area (Å²) in [7, 11) is 1.40. The number of aromatic nitrogens is 2. The highest BCUT2D eigenvalue weighted by Gasteiger charge is 2.36. The van der Waals surface area contributed by atoms with Crippen molar-refractivity contribution in [3.05, 3.63) is 88.7 Å². The second-order valence-corrected chi connectivity index (χ2v) is 15.8. The maximum atomic E-state index is 14.7. The molecule has 1 unspecified atom stereocenters. The minimum atomic E-state index is -1.41. The van der Waals surface area contributed by atoms with Gasteiger partial charge in [0.2, 0.25) is 17.7 Å². The number of benzene rings is 3. The van der Waals surface area contributed by atoms with Crippen molar-refractivity contribution < 1.29 is 43.3 Å². The number of carbonyl (C=O) groups excluding carboxylic acids is 4. The number of hydrogen-bond acceptors (Lipinski definition) is 13. The molecule has 5 rings (SSSR count). The topological polar surface area (TPSA) is 276 Å². The van der Waals surface area contributed by atoms with Crippen molar-refractivity contribution in [1.82, 2.24) is 30.8 Å². The van der Waals surface area contributed by atoms with E-state index in [2.05, 4.69) is 32.8 Å². The van der Waals surface area contributed by atoms with Gasteiger partial charge in [0.05, 0.1) is 23.6 Å². The van der Waals surface area contributed by atoms with Gasteiger partial charge in [-0.15, -0.1) is 0 Å². The minimum absolute atomic E-state index is 0.00566. The summed E-state index contributed by atoms with van der Waals surface area (Å²) in [5.74, 6) is -2.23. The number of fused-ring (bicyclic) bond motifs is 5. The number of likely N-dealkylation sites (N-methyl/N-ethyl adjacent to an activating group) is 1. The molecule has 1 aromatic heterocycles. The van der Waals surface area contributed by atoms with E-state index in [1.54, 1.807) is 50.2 Å². The second kappa shape index (κ2) is 23.3. The van der Waals surface area contributed by atoms with E-state index >= 15 is 0 Å². The van der Waals surface area contributed by atoms with Gasteiger partial charge in [-0.1, -0.05) is 31.9 Å². The van der Waals surface area contributed by atoms with Crippen molar-refractivity contribution in [3.63, 3.8) is 0 Å². The molecule has 0 radical (unpaired) electrons. The molecule has 4 aromatic rings. The quantitative estimate of drug-likeness (QED) is 0.0667. The fraction of sp³-hybridized carbons (Fsp3) is 0.426. The Balaban J connectivity index is 1.52. The molecule has 348 valence electrons. The molecule has 10 N–H and O–H groups in total. The molecule has 0 aliphatic carbocycles. The number of carboxylic acids is 1. The summed E-state index contributed by atoms with van der Waals surface area (Å²) in [6, 6.07) is 12.1. The van der Waals surface area contributed by atoms with E-state index in [0.717, 1.165) is 30.6 Å². The Morgan fingerprint density at radius 2 is 1.46 bits per heavy atom. The number of ether oxygens (including phenoxy) is 3. The molecule has 18 heteroatoms. The summed E-state index contributed by atoms with van der Waals surface area (Å²) in [6.07, 6.45) is 3.05. The zero-order valence-corrected chi connectivity index (χ0v) is 37.6. The molecule has 4 bridgehead atoms. The number of carboxylic acid groups (broad SMARTS) is 1. The Morgan fingerprint density at radius 3 is 2.06 bits per heavy atom. The fourth-order valence-corrected chi connectivity index (χ4v) is 7.52. The van der Waals surface area contributed by atoms with Crippen molar-refractivity contribution >= 4 is 29.6 Å². The highest BCUT2D eigenvalue weighted by molar-refractivity contribution is 6.00. The molecular weight excluding hydrogens is 835 g/mol. The standard InChI is InChI=1S/C47H61N9O9/c1-6-7-8-21-63-33-13-10-31(11-14-33)42-51-27(2)40(28(3)52-42)44(58)54-36(17-18-48)46(60)56(5)41-32-12-16-39(65-23-20-50)35(26-32)34-24-30(9-15-38(34)64-22-19-49)25-37(47(61)62)55-43(57)29(4)53-45(41)59/h9-16,24,26,29,36-37,41H,6-8,17-23,25,48-50H2,1-5H3,(H,53,59)(H,54,58)(H,55,57)(H,61,62)/t29-,36?,37-,41-/m0/s1. The fourth-order valence-electron chi connectivity index (χ4n) is 7.52. The van der Waals surface area contributed by atoms with Crippen molar-refractivity contribution in [3.8, 4) is 39.8 Å². The van der Waals surface area contributed by atoms with E-state index < -0.39 is 53.8 Å². The first-order chi connectivity index (χ1) is 31.2. The van der Waals surface area contributed by atoms with Gasteiger partial charge in [0.25, 0.3) is 5.91 Å². The van der Waals surface area contributed by atoms with Crippen LogP contribution in [0.5, 0.6) is 17.2 Å². The lowest BCUT2D eigenvalue weighted by molar-refractivity contribution is -0.143. The third kappa shape index (κ3) is 12.6. The largest absolute Gasteiger partial charge is 0.494 e. The third-order valence-electron chi connectivity index (χ3n) is 10.9. The normalized spacial score (nSPS) is 16.6. The molecule has 0 saturated heterocycles.